The Bertz CT molecular complexity index is 1070. The third-order valence-corrected chi connectivity index (χ3v) is 6.13. The maximum absolute atomic E-state index is 12.6. The molecule has 0 spiro atoms. The lowest BCUT2D eigenvalue weighted by Crippen LogP contribution is -2.50. The molecule has 10 heteroatoms. The largest absolute Gasteiger partial charge is 0.481 e. The summed E-state index contributed by atoms with van der Waals surface area (Å²) < 4.78 is 26.4. The third-order valence-electron chi connectivity index (χ3n) is 4.56. The van der Waals surface area contributed by atoms with Gasteiger partial charge in [0.1, 0.15) is 5.84 Å². The first-order valence-electron chi connectivity index (χ1n) is 9.76. The van der Waals surface area contributed by atoms with Crippen molar-refractivity contribution in [2.75, 3.05) is 26.2 Å². The van der Waals surface area contributed by atoms with E-state index in [0.29, 0.717) is 24.2 Å². The van der Waals surface area contributed by atoms with Crippen LogP contribution in [0.5, 0.6) is 0 Å². The van der Waals surface area contributed by atoms with Gasteiger partial charge in [0.15, 0.2) is 0 Å². The number of amidine groups is 1. The first kappa shape index (κ1) is 24.8. The quantitative estimate of drug-likeness (QED) is 0.460. The number of carbonyl (C=O) groups is 2. The number of rotatable bonds is 5. The van der Waals surface area contributed by atoms with Crippen LogP contribution in [0.15, 0.2) is 60.0 Å². The molecule has 1 fully saturated rings. The van der Waals surface area contributed by atoms with Crippen LogP contribution in [0.2, 0.25) is 0 Å². The van der Waals surface area contributed by atoms with Crippen molar-refractivity contribution in [2.24, 2.45) is 5.73 Å². The van der Waals surface area contributed by atoms with E-state index in [1.807, 2.05) is 30.3 Å². The average Bonchev–Trinajstić information content (AvgIpc) is 2.78. The van der Waals surface area contributed by atoms with Crippen LogP contribution in [0.4, 0.5) is 0 Å². The summed E-state index contributed by atoms with van der Waals surface area (Å²) in [4.78, 5) is 23.2. The van der Waals surface area contributed by atoms with Gasteiger partial charge in [-0.2, -0.15) is 4.31 Å². The second-order valence-electron chi connectivity index (χ2n) is 6.96. The van der Waals surface area contributed by atoms with E-state index in [0.717, 1.165) is 12.5 Å². The van der Waals surface area contributed by atoms with Crippen molar-refractivity contribution in [3.63, 3.8) is 0 Å². The van der Waals surface area contributed by atoms with Crippen LogP contribution >= 0.6 is 0 Å². The van der Waals surface area contributed by atoms with E-state index in [1.54, 1.807) is 35.2 Å². The zero-order valence-corrected chi connectivity index (χ0v) is 18.5. The molecule has 0 bridgehead atoms. The molecular formula is C22H26N4O5S. The van der Waals surface area contributed by atoms with Gasteiger partial charge in [-0.15, -0.1) is 0 Å². The Hall–Kier alpha value is -3.50. The smallest absolute Gasteiger partial charge is 0.300 e. The molecule has 2 aromatic carbocycles. The van der Waals surface area contributed by atoms with E-state index in [-0.39, 0.29) is 24.8 Å². The number of piperazine rings is 1. The van der Waals surface area contributed by atoms with Gasteiger partial charge in [-0.3, -0.25) is 15.0 Å². The minimum Gasteiger partial charge on any atom is -0.481 e. The molecule has 1 aliphatic heterocycles. The fourth-order valence-electron chi connectivity index (χ4n) is 2.94. The van der Waals surface area contributed by atoms with Crippen molar-refractivity contribution in [3.8, 4) is 0 Å². The second kappa shape index (κ2) is 11.2. The summed E-state index contributed by atoms with van der Waals surface area (Å²) in [6, 6.07) is 15.7. The minimum absolute atomic E-state index is 0.0543. The Morgan fingerprint density at radius 3 is 1.97 bits per heavy atom. The summed E-state index contributed by atoms with van der Waals surface area (Å²) in [6.45, 7) is 2.23. The summed E-state index contributed by atoms with van der Waals surface area (Å²) in [6.07, 6.45) is 1.57. The molecule has 0 saturated carbocycles. The summed E-state index contributed by atoms with van der Waals surface area (Å²) >= 11 is 0. The number of aliphatic carboxylic acids is 1. The number of nitrogens with zero attached hydrogens (tertiary/aromatic N) is 2. The maximum Gasteiger partial charge on any atom is 0.300 e. The van der Waals surface area contributed by atoms with Crippen LogP contribution in [0, 0.1) is 5.41 Å². The lowest BCUT2D eigenvalue weighted by Gasteiger charge is -2.33. The van der Waals surface area contributed by atoms with Gasteiger partial charge in [-0.1, -0.05) is 42.5 Å². The normalized spacial score (nSPS) is 14.5. The van der Waals surface area contributed by atoms with E-state index in [4.69, 9.17) is 21.0 Å². The van der Waals surface area contributed by atoms with E-state index in [1.165, 1.54) is 9.71 Å². The third kappa shape index (κ3) is 7.33. The molecule has 0 aromatic heterocycles. The number of hydrogen-bond donors (Lipinski definition) is 3. The molecule has 3 rings (SSSR count). The number of nitrogens with two attached hydrogens (primary N) is 1. The van der Waals surface area contributed by atoms with Gasteiger partial charge in [-0.05, 0) is 23.8 Å². The molecule has 9 nitrogen and oxygen atoms in total. The van der Waals surface area contributed by atoms with Crippen molar-refractivity contribution in [1.82, 2.24) is 9.21 Å². The Balaban J connectivity index is 0.000000837. The molecule has 0 aliphatic carbocycles. The van der Waals surface area contributed by atoms with Crippen LogP contribution < -0.4 is 5.73 Å². The number of carboxylic acids is 1. The number of nitrogens with one attached hydrogen (secondary N) is 1. The van der Waals surface area contributed by atoms with Gasteiger partial charge in [0.2, 0.25) is 10.0 Å². The molecule has 170 valence electrons. The lowest BCUT2D eigenvalue weighted by atomic mass is 10.1. The maximum atomic E-state index is 12.6. The molecule has 0 unspecified atom stereocenters. The minimum atomic E-state index is -3.53. The molecule has 32 heavy (non-hydrogen) atoms. The first-order chi connectivity index (χ1) is 15.1. The summed E-state index contributed by atoms with van der Waals surface area (Å²) in [5.74, 6) is -1.05. The van der Waals surface area contributed by atoms with E-state index >= 15 is 0 Å². The van der Waals surface area contributed by atoms with Crippen molar-refractivity contribution < 1.29 is 23.1 Å². The Kier molecular flexibility index (Phi) is 8.68. The molecule has 1 aliphatic rings. The number of nitrogen functional groups attached to an aromatic ring is 1. The molecule has 1 saturated heterocycles. The van der Waals surface area contributed by atoms with Gasteiger partial charge < -0.3 is 15.7 Å². The second-order valence-corrected chi connectivity index (χ2v) is 8.78. The van der Waals surface area contributed by atoms with Gasteiger partial charge in [0, 0.05) is 49.6 Å². The van der Waals surface area contributed by atoms with E-state index < -0.39 is 16.0 Å². The van der Waals surface area contributed by atoms with E-state index in [2.05, 4.69) is 0 Å². The average molecular weight is 459 g/mol. The molecule has 2 aromatic rings. The number of hydrogen-bond acceptors (Lipinski definition) is 5. The fraction of sp³-hybridized carbons (Fsp3) is 0.227. The summed E-state index contributed by atoms with van der Waals surface area (Å²) in [5, 5.41) is 16.0. The van der Waals surface area contributed by atoms with Crippen LogP contribution in [0.3, 0.4) is 0 Å². The highest BCUT2D eigenvalue weighted by Gasteiger charge is 2.27. The zero-order valence-electron chi connectivity index (χ0n) is 17.6. The van der Waals surface area contributed by atoms with Crippen molar-refractivity contribution in [3.05, 3.63) is 76.7 Å². The highest BCUT2D eigenvalue weighted by molar-refractivity contribution is 7.92. The number of benzene rings is 2. The van der Waals surface area contributed by atoms with Crippen LogP contribution in [-0.4, -0.2) is 66.6 Å². The van der Waals surface area contributed by atoms with Crippen LogP contribution in [-0.2, 0) is 14.8 Å². The van der Waals surface area contributed by atoms with Crippen molar-refractivity contribution >= 4 is 33.8 Å². The molecular weight excluding hydrogens is 432 g/mol. The van der Waals surface area contributed by atoms with E-state index in [9.17, 15) is 13.2 Å². The first-order valence-corrected chi connectivity index (χ1v) is 11.3. The molecule has 1 amide bonds. The van der Waals surface area contributed by atoms with Gasteiger partial charge in [0.25, 0.3) is 11.9 Å². The molecule has 0 atom stereocenters. The van der Waals surface area contributed by atoms with Crippen LogP contribution in [0.1, 0.15) is 28.4 Å². The van der Waals surface area contributed by atoms with Gasteiger partial charge in [-0.25, -0.2) is 8.42 Å². The summed E-state index contributed by atoms with van der Waals surface area (Å²) in [5.41, 5.74) is 7.28. The number of carbonyl (C=O) groups excluding carboxylic acids is 1. The zero-order chi connectivity index (χ0) is 23.7. The topological polar surface area (TPSA) is 145 Å². The molecule has 0 radical (unpaired) electrons. The molecule has 4 N–H and O–H groups in total. The van der Waals surface area contributed by atoms with Crippen molar-refractivity contribution in [1.29, 1.82) is 5.41 Å². The number of sulfonamides is 1. The fourth-order valence-corrected chi connectivity index (χ4v) is 4.11. The summed E-state index contributed by atoms with van der Waals surface area (Å²) in [7, 11) is -3.53. The monoisotopic (exact) mass is 458 g/mol. The predicted octanol–water partition coefficient (Wildman–Crippen LogP) is 1.82. The van der Waals surface area contributed by atoms with Gasteiger partial charge >= 0.3 is 0 Å². The highest BCUT2D eigenvalue weighted by atomic mass is 32.2. The molecule has 1 heterocycles. The Morgan fingerprint density at radius 1 is 0.969 bits per heavy atom. The Labute approximate surface area is 187 Å². The Morgan fingerprint density at radius 2 is 1.47 bits per heavy atom. The highest BCUT2D eigenvalue weighted by Crippen LogP contribution is 2.14. The SMILES string of the molecule is CC(=O)O.N=C(N)c1ccc(C(=O)N2CCN(S(=O)(=O)C=Cc3ccccc3)CC2)cc1. The van der Waals surface area contributed by atoms with Crippen LogP contribution in [0.25, 0.3) is 6.08 Å². The van der Waals surface area contributed by atoms with Crippen molar-refractivity contribution in [2.45, 2.75) is 6.92 Å². The lowest BCUT2D eigenvalue weighted by molar-refractivity contribution is -0.134. The predicted molar refractivity (Wildman–Crippen MR) is 123 cm³/mol. The number of amides is 1. The number of carboxylic acid groups (broad SMARTS) is 1. The van der Waals surface area contributed by atoms with Gasteiger partial charge in [0.05, 0.1) is 0 Å². The standard InChI is InChI=1S/C20H22N4O3S.C2H4O2/c21-19(22)17-6-8-18(9-7-17)20(25)23-11-13-24(14-12-23)28(26,27)15-10-16-4-2-1-3-5-16;1-2(3)4/h1-10,15H,11-14H2,(H3,21,22);1H3,(H,3,4).